The molecule has 0 radical (unpaired) electrons. The first-order valence-corrected chi connectivity index (χ1v) is 6.57. The molecule has 3 aromatic rings. The van der Waals surface area contributed by atoms with Gasteiger partial charge in [0, 0.05) is 23.3 Å². The molecular formula is C16H13N3O. The predicted octanol–water partition coefficient (Wildman–Crippen LogP) is 2.99. The molecule has 0 aliphatic carbocycles. The Labute approximate surface area is 116 Å². The van der Waals surface area contributed by atoms with Crippen molar-refractivity contribution in [1.29, 1.82) is 0 Å². The summed E-state index contributed by atoms with van der Waals surface area (Å²) in [5, 5.41) is 1.11. The van der Waals surface area contributed by atoms with Gasteiger partial charge in [-0.05, 0) is 18.2 Å². The molecule has 0 N–H and O–H groups in total. The highest BCUT2D eigenvalue weighted by atomic mass is 16.5. The molecule has 20 heavy (non-hydrogen) atoms. The lowest BCUT2D eigenvalue weighted by Crippen LogP contribution is -2.32. The number of pyridine rings is 2. The Morgan fingerprint density at radius 2 is 1.90 bits per heavy atom. The van der Waals surface area contributed by atoms with Gasteiger partial charge in [-0.3, -0.25) is 4.98 Å². The lowest BCUT2D eigenvalue weighted by Gasteiger charge is -2.30. The highest BCUT2D eigenvalue weighted by Gasteiger charge is 2.20. The molecule has 0 atom stereocenters. The summed E-state index contributed by atoms with van der Waals surface area (Å²) in [4.78, 5) is 10.9. The number of ether oxygens (including phenoxy) is 1. The fourth-order valence-electron chi connectivity index (χ4n) is 2.53. The first-order valence-electron chi connectivity index (χ1n) is 6.57. The van der Waals surface area contributed by atoms with Crippen LogP contribution in [-0.2, 0) is 6.54 Å². The van der Waals surface area contributed by atoms with E-state index in [1.165, 1.54) is 0 Å². The Balaban J connectivity index is 1.75. The Kier molecular flexibility index (Phi) is 2.52. The molecule has 3 heterocycles. The number of hydrogen-bond acceptors (Lipinski definition) is 4. The van der Waals surface area contributed by atoms with Gasteiger partial charge in [-0.15, -0.1) is 0 Å². The lowest BCUT2D eigenvalue weighted by atomic mass is 10.1. The van der Waals surface area contributed by atoms with E-state index in [9.17, 15) is 0 Å². The van der Waals surface area contributed by atoms with Crippen LogP contribution in [0.4, 0.5) is 5.82 Å². The van der Waals surface area contributed by atoms with Crippen LogP contribution in [0, 0.1) is 0 Å². The van der Waals surface area contributed by atoms with Gasteiger partial charge in [0.1, 0.15) is 11.3 Å². The smallest absolute Gasteiger partial charge is 0.163 e. The molecule has 1 aliphatic heterocycles. The highest BCUT2D eigenvalue weighted by molar-refractivity contribution is 5.86. The van der Waals surface area contributed by atoms with Gasteiger partial charge in [0.25, 0.3) is 0 Å². The number of hydrogen-bond donors (Lipinski definition) is 0. The molecule has 98 valence electrons. The van der Waals surface area contributed by atoms with Gasteiger partial charge < -0.3 is 9.64 Å². The fourth-order valence-corrected chi connectivity index (χ4v) is 2.53. The average molecular weight is 263 g/mol. The summed E-state index contributed by atoms with van der Waals surface area (Å²) in [6.45, 7) is 1.29. The molecule has 2 aromatic heterocycles. The monoisotopic (exact) mass is 263 g/mol. The first-order chi connectivity index (χ1) is 9.92. The van der Waals surface area contributed by atoms with Gasteiger partial charge in [0.15, 0.2) is 12.5 Å². The van der Waals surface area contributed by atoms with Gasteiger partial charge in [-0.25, -0.2) is 4.98 Å². The van der Waals surface area contributed by atoms with E-state index in [-0.39, 0.29) is 0 Å². The summed E-state index contributed by atoms with van der Waals surface area (Å²) < 4.78 is 5.93. The van der Waals surface area contributed by atoms with Crippen molar-refractivity contribution in [3.05, 3.63) is 60.4 Å². The first kappa shape index (κ1) is 11.2. The zero-order valence-corrected chi connectivity index (χ0v) is 10.9. The summed E-state index contributed by atoms with van der Waals surface area (Å²) in [7, 11) is 0. The maximum Gasteiger partial charge on any atom is 0.163 e. The van der Waals surface area contributed by atoms with Crippen LogP contribution in [0.3, 0.4) is 0 Å². The Bertz CT molecular complexity index is 758. The molecule has 4 heteroatoms. The second kappa shape index (κ2) is 4.49. The van der Waals surface area contributed by atoms with Crippen molar-refractivity contribution >= 4 is 16.7 Å². The van der Waals surface area contributed by atoms with Crippen molar-refractivity contribution in [3.8, 4) is 5.75 Å². The number of aromatic nitrogens is 2. The summed E-state index contributed by atoms with van der Waals surface area (Å²) in [5.74, 6) is 1.83. The van der Waals surface area contributed by atoms with E-state index in [1.807, 2.05) is 24.3 Å². The van der Waals surface area contributed by atoms with Crippen LogP contribution in [0.25, 0.3) is 10.9 Å². The number of nitrogens with zero attached hydrogens (tertiary/aromatic N) is 3. The van der Waals surface area contributed by atoms with Crippen molar-refractivity contribution < 1.29 is 4.74 Å². The topological polar surface area (TPSA) is 38.2 Å². The second-order valence-corrected chi connectivity index (χ2v) is 4.79. The summed E-state index contributed by atoms with van der Waals surface area (Å²) in [5.41, 5.74) is 2.08. The standard InChI is InChI=1S/C16H13N3O/c1-2-8-17-14(5-1)19-10-13-7-6-12-4-3-9-18-15(12)16(13)20-11-19/h1-9H,10-11H2. The average Bonchev–Trinajstić information content (AvgIpc) is 2.55. The van der Waals surface area contributed by atoms with Crippen LogP contribution in [0.1, 0.15) is 5.56 Å². The van der Waals surface area contributed by atoms with Crippen LogP contribution in [0.15, 0.2) is 54.9 Å². The van der Waals surface area contributed by atoms with Crippen molar-refractivity contribution in [3.63, 3.8) is 0 Å². The van der Waals surface area contributed by atoms with E-state index in [1.54, 1.807) is 12.4 Å². The van der Waals surface area contributed by atoms with Crippen LogP contribution >= 0.6 is 0 Å². The normalized spacial score (nSPS) is 13.9. The molecule has 0 saturated heterocycles. The van der Waals surface area contributed by atoms with E-state index in [0.29, 0.717) is 6.73 Å². The zero-order chi connectivity index (χ0) is 13.4. The van der Waals surface area contributed by atoms with Crippen LogP contribution in [-0.4, -0.2) is 16.7 Å². The van der Waals surface area contributed by atoms with E-state index in [0.717, 1.165) is 34.6 Å². The van der Waals surface area contributed by atoms with E-state index < -0.39 is 0 Å². The largest absolute Gasteiger partial charge is 0.470 e. The predicted molar refractivity (Wildman–Crippen MR) is 77.7 cm³/mol. The third-order valence-corrected chi connectivity index (χ3v) is 3.51. The number of benzene rings is 1. The quantitative estimate of drug-likeness (QED) is 0.676. The molecule has 0 amide bonds. The number of fused-ring (bicyclic) bond motifs is 3. The molecule has 0 unspecified atom stereocenters. The van der Waals surface area contributed by atoms with Crippen molar-refractivity contribution in [1.82, 2.24) is 9.97 Å². The van der Waals surface area contributed by atoms with Crippen molar-refractivity contribution in [2.24, 2.45) is 0 Å². The maximum absolute atomic E-state index is 5.93. The molecule has 1 aliphatic rings. The molecule has 1 aromatic carbocycles. The summed E-state index contributed by atoms with van der Waals surface area (Å²) in [6.07, 6.45) is 3.60. The molecule has 0 saturated carbocycles. The van der Waals surface area contributed by atoms with Crippen LogP contribution in [0.5, 0.6) is 5.75 Å². The van der Waals surface area contributed by atoms with Crippen molar-refractivity contribution in [2.75, 3.05) is 11.6 Å². The third-order valence-electron chi connectivity index (χ3n) is 3.51. The number of rotatable bonds is 1. The second-order valence-electron chi connectivity index (χ2n) is 4.79. The number of anilines is 1. The fraction of sp³-hybridized carbons (Fsp3) is 0.125. The van der Waals surface area contributed by atoms with E-state index >= 15 is 0 Å². The minimum atomic E-state index is 0.500. The lowest BCUT2D eigenvalue weighted by molar-refractivity contribution is 0.291. The minimum Gasteiger partial charge on any atom is -0.470 e. The zero-order valence-electron chi connectivity index (χ0n) is 10.9. The SMILES string of the molecule is c1ccc(N2COc3c(ccc4cccnc34)C2)nc1. The molecule has 0 fully saturated rings. The molecule has 0 bridgehead atoms. The Morgan fingerprint density at radius 3 is 2.80 bits per heavy atom. The Morgan fingerprint density at radius 1 is 0.950 bits per heavy atom. The van der Waals surface area contributed by atoms with Gasteiger partial charge in [-0.1, -0.05) is 24.3 Å². The highest BCUT2D eigenvalue weighted by Crippen LogP contribution is 2.33. The van der Waals surface area contributed by atoms with Gasteiger partial charge in [0.2, 0.25) is 0 Å². The van der Waals surface area contributed by atoms with E-state index in [4.69, 9.17) is 4.74 Å². The Hall–Kier alpha value is -2.62. The molecular weight excluding hydrogens is 250 g/mol. The summed E-state index contributed by atoms with van der Waals surface area (Å²) >= 11 is 0. The van der Waals surface area contributed by atoms with Crippen LogP contribution in [0.2, 0.25) is 0 Å². The molecule has 4 nitrogen and oxygen atoms in total. The maximum atomic E-state index is 5.93. The van der Waals surface area contributed by atoms with Gasteiger partial charge in [-0.2, -0.15) is 0 Å². The minimum absolute atomic E-state index is 0.500. The summed E-state index contributed by atoms with van der Waals surface area (Å²) in [6, 6.07) is 14.1. The van der Waals surface area contributed by atoms with Crippen molar-refractivity contribution in [2.45, 2.75) is 6.54 Å². The van der Waals surface area contributed by atoms with Crippen LogP contribution < -0.4 is 9.64 Å². The molecule has 4 rings (SSSR count). The molecule has 0 spiro atoms. The third kappa shape index (κ3) is 1.77. The van der Waals surface area contributed by atoms with E-state index in [2.05, 4.69) is 33.1 Å². The van der Waals surface area contributed by atoms with Gasteiger partial charge >= 0.3 is 0 Å². The van der Waals surface area contributed by atoms with Gasteiger partial charge in [0.05, 0.1) is 6.54 Å².